The van der Waals surface area contributed by atoms with Crippen molar-refractivity contribution in [3.63, 3.8) is 0 Å². The van der Waals surface area contributed by atoms with Gasteiger partial charge >= 0.3 is 11.9 Å². The number of carboxylic acid groups (broad SMARTS) is 2. The van der Waals surface area contributed by atoms with Gasteiger partial charge in [0.25, 0.3) is 0 Å². The number of aliphatic hydroxyl groups excluding tert-OH is 2. The topological polar surface area (TPSA) is 534 Å². The van der Waals surface area contributed by atoms with Crippen molar-refractivity contribution in [3.8, 4) is 0 Å². The first-order valence-electron chi connectivity index (χ1n) is 39.9. The van der Waals surface area contributed by atoms with Gasteiger partial charge in [0.05, 0.1) is 68.7 Å². The van der Waals surface area contributed by atoms with Crippen LogP contribution in [0.15, 0.2) is 48.5 Å². The molecule has 0 saturated carbocycles. The molecule has 118 heavy (non-hydrogen) atoms. The second-order valence-corrected chi connectivity index (χ2v) is 34.0. The van der Waals surface area contributed by atoms with E-state index in [2.05, 4.69) is 69.1 Å². The summed E-state index contributed by atoms with van der Waals surface area (Å²) in [6, 6.07) is -1.30. The van der Waals surface area contributed by atoms with E-state index < -0.39 is 234 Å². The van der Waals surface area contributed by atoms with E-state index in [1.807, 2.05) is 45.0 Å². The predicted molar refractivity (Wildman–Crippen MR) is 435 cm³/mol. The highest BCUT2D eigenvalue weighted by Crippen LogP contribution is 2.28. The quantitative estimate of drug-likeness (QED) is 0.118. The Hall–Kier alpha value is -10.3. The lowest BCUT2D eigenvalue weighted by atomic mass is 9.91. The number of rotatable bonds is 14. The molecule has 3 saturated heterocycles. The summed E-state index contributed by atoms with van der Waals surface area (Å²) >= 11 is 0. The first-order valence-corrected chi connectivity index (χ1v) is 39.9. The van der Waals surface area contributed by atoms with Crippen LogP contribution in [0, 0.1) is 30.6 Å². The Morgan fingerprint density at radius 3 is 1.33 bits per heavy atom. The number of carbonyl (C=O) groups is 17. The van der Waals surface area contributed by atoms with Gasteiger partial charge in [0.2, 0.25) is 76.8 Å². The van der Waals surface area contributed by atoms with Crippen LogP contribution in [-0.4, -0.2) is 252 Å². The van der Waals surface area contributed by atoms with Crippen molar-refractivity contribution in [2.24, 2.45) is 23.7 Å². The highest BCUT2D eigenvalue weighted by molar-refractivity contribution is 6.00. The van der Waals surface area contributed by atoms with Crippen LogP contribution in [0.25, 0.3) is 0 Å². The van der Waals surface area contributed by atoms with Crippen molar-refractivity contribution >= 4 is 106 Å². The molecule has 2 aromatic rings. The van der Waals surface area contributed by atoms with Gasteiger partial charge in [0.1, 0.15) is 48.3 Å². The number of hydrogen-bond donors (Lipinski definition) is 17. The van der Waals surface area contributed by atoms with E-state index in [1.54, 1.807) is 96.4 Å². The molecular formula is C82H127N15O21. The number of nitrogens with one attached hydrogen (secondary N) is 13. The Morgan fingerprint density at radius 1 is 0.500 bits per heavy atom. The number of carbonyl (C=O) groups excluding carboxylic acids is 15. The standard InChI is InChI=1S/C43H66N8O11.C38H57N7O10.CH4/c1-22(2)17-28-19-29(53)21-44-36(56)25(5)46-38(58)30(18-27-14-12-23(3)13-15-27)48-40(60)32-11-10-16-51(32)35(42(62)50-43(7,8)9)24(4)45-41(61)34(26(6)52)49-39(59)31(20-33(54)55)47-37(28)57;1-20(2)14-24-17-26(47)19-39-29(48)16-23-10-8-11-25(15-23)41-35(53)28-12-9-13-45(28)32(37(55)44-38(5,6)7)21(3)40-36(54)31(22(4)46)43-34(52)27(18-30(49)50)42-33(24)51;/h12-15,22,24-26,28,30-32,34-35,52H,10-11,16-21H2,1-9H3,(H,44,56)(H,45,61)(H,46,58)(H,47,57)(H,48,60)(H,49,59)(H,50,62)(H,54,55);8,10-11,15,20-22,24,27-28,31-32,46H,9,12-14,16-19H2,1-7H3,(H,39,48)(H,40,54)(H,41,53)(H,42,51)(H,43,52)(H,44,55)(H,49,50);1H4/t24-,25-,26+,28+,30-,31-,32-,34-,35-;21-,22+,24+,27-,28-,31-,32-;/m00./s1. The van der Waals surface area contributed by atoms with E-state index in [0.717, 1.165) is 5.56 Å². The van der Waals surface area contributed by atoms with Crippen LogP contribution in [0.1, 0.15) is 192 Å². The van der Waals surface area contributed by atoms with Gasteiger partial charge in [-0.2, -0.15) is 0 Å². The van der Waals surface area contributed by atoms with Crippen LogP contribution in [0.2, 0.25) is 0 Å². The second kappa shape index (κ2) is 45.6. The zero-order valence-corrected chi connectivity index (χ0v) is 69.9. The smallest absolute Gasteiger partial charge is 0.305 e. The lowest BCUT2D eigenvalue weighted by Crippen LogP contribution is -2.65. The number of fused-ring (bicyclic) bond motifs is 4. The third-order valence-corrected chi connectivity index (χ3v) is 19.9. The van der Waals surface area contributed by atoms with E-state index >= 15 is 0 Å². The van der Waals surface area contributed by atoms with Gasteiger partial charge < -0.3 is 89.5 Å². The minimum absolute atomic E-state index is 0. The van der Waals surface area contributed by atoms with Gasteiger partial charge in [0, 0.05) is 47.9 Å². The Kier molecular flexibility index (Phi) is 38.6. The number of Topliss-reactive ketones (excluding diaryl/α,β-unsaturated/α-hetero) is 2. The molecule has 4 heterocycles. The molecule has 36 heteroatoms. The van der Waals surface area contributed by atoms with E-state index in [4.69, 9.17) is 0 Å². The maximum Gasteiger partial charge on any atom is 0.305 e. The minimum Gasteiger partial charge on any atom is -0.481 e. The maximum atomic E-state index is 14.3. The average molecular weight is 1660 g/mol. The lowest BCUT2D eigenvalue weighted by Gasteiger charge is -2.38. The molecule has 6 rings (SSSR count). The molecule has 0 spiro atoms. The van der Waals surface area contributed by atoms with Gasteiger partial charge in [-0.25, -0.2) is 0 Å². The van der Waals surface area contributed by atoms with Crippen LogP contribution in [0.4, 0.5) is 5.69 Å². The average Bonchev–Trinajstić information content (AvgIpc) is 1.60. The first kappa shape index (κ1) is 100. The monoisotopic (exact) mass is 1660 g/mol. The Bertz CT molecular complexity index is 3910. The first-order chi connectivity index (χ1) is 54.5. The molecule has 0 aromatic heterocycles. The molecule has 0 aliphatic carbocycles. The van der Waals surface area contributed by atoms with Gasteiger partial charge in [-0.1, -0.05) is 77.1 Å². The molecule has 0 radical (unpaired) electrons. The number of carboxylic acids is 2. The Balaban J connectivity index is 0.000000496. The summed E-state index contributed by atoms with van der Waals surface area (Å²) in [5.74, 6) is -15.8. The van der Waals surface area contributed by atoms with E-state index in [1.165, 1.54) is 27.7 Å². The summed E-state index contributed by atoms with van der Waals surface area (Å²) in [4.78, 5) is 231. The number of hydrogen-bond acceptors (Lipinski definition) is 21. The second-order valence-electron chi connectivity index (χ2n) is 34.0. The van der Waals surface area contributed by atoms with Crippen molar-refractivity contribution in [2.75, 3.05) is 31.5 Å². The molecule has 36 nitrogen and oxygen atoms in total. The third kappa shape index (κ3) is 32.2. The fourth-order valence-corrected chi connectivity index (χ4v) is 14.5. The fraction of sp³-hybridized carbons (Fsp3) is 0.646. The summed E-state index contributed by atoms with van der Waals surface area (Å²) in [6.45, 7) is 26.3. The molecule has 4 aliphatic rings. The number of aliphatic hydroxyl groups is 2. The molecular weight excluding hydrogens is 1530 g/mol. The summed E-state index contributed by atoms with van der Waals surface area (Å²) in [7, 11) is 0. The molecule has 656 valence electrons. The van der Waals surface area contributed by atoms with Gasteiger partial charge in [-0.05, 0) is 170 Å². The van der Waals surface area contributed by atoms with Crippen molar-refractivity contribution < 1.29 is 102 Å². The largest absolute Gasteiger partial charge is 0.481 e. The van der Waals surface area contributed by atoms with Crippen molar-refractivity contribution in [3.05, 3.63) is 65.2 Å². The predicted octanol–water partition coefficient (Wildman–Crippen LogP) is -0.0117. The SMILES string of the molecule is C.CC(C)C[C@@H]1CC(=O)CNC(=O)Cc2cccc(c2)NC(=O)[C@@H]2CCCN2[C@H](C(=O)NC(C)(C)C)[C@H](C)NC(=O)[C@H]([C@@H](C)O)NC(=O)[C@H](CC(=O)O)NC1=O.Cc1ccc(C[C@@H]2NC(=O)[C@@H]3CCCN3[C@H](C(=O)NC(C)(C)C)[C@H](C)NC(=O)[C@H]([C@@H](C)O)NC(=O)[C@H](CC(=O)O)NC(=O)[C@H](CC(C)C)CC(=O)CNC(=O)[C@H](C)NC2=O)cc1. The van der Waals surface area contributed by atoms with Gasteiger partial charge in [-0.3, -0.25) is 91.3 Å². The Morgan fingerprint density at radius 2 is 0.915 bits per heavy atom. The van der Waals surface area contributed by atoms with Crippen LogP contribution in [-0.2, 0) is 94.3 Å². The molecule has 16 atom stereocenters. The van der Waals surface area contributed by atoms with Gasteiger partial charge in [-0.15, -0.1) is 0 Å². The van der Waals surface area contributed by atoms with Gasteiger partial charge in [0.15, 0.2) is 11.6 Å². The van der Waals surface area contributed by atoms with Crippen molar-refractivity contribution in [1.82, 2.24) is 73.6 Å². The summed E-state index contributed by atoms with van der Waals surface area (Å²) in [5, 5.41) is 74.8. The van der Waals surface area contributed by atoms with E-state index in [9.17, 15) is 102 Å². The van der Waals surface area contributed by atoms with E-state index in [-0.39, 0.29) is 70.9 Å². The summed E-state index contributed by atoms with van der Waals surface area (Å²) in [5.41, 5.74) is 1.20. The summed E-state index contributed by atoms with van der Waals surface area (Å²) < 4.78 is 0. The number of ketones is 2. The lowest BCUT2D eigenvalue weighted by molar-refractivity contribution is -0.142. The van der Waals surface area contributed by atoms with Crippen molar-refractivity contribution in [1.29, 1.82) is 0 Å². The van der Waals surface area contributed by atoms with Crippen LogP contribution < -0.4 is 69.1 Å². The number of nitrogens with zero attached hydrogens (tertiary/aromatic N) is 2. The highest BCUT2D eigenvalue weighted by atomic mass is 16.4. The zero-order chi connectivity index (χ0) is 87.8. The number of amides is 13. The molecule has 0 unspecified atom stereocenters. The Labute approximate surface area is 690 Å². The minimum atomic E-state index is -1.74. The van der Waals surface area contributed by atoms with Crippen molar-refractivity contribution in [2.45, 2.75) is 291 Å². The van der Waals surface area contributed by atoms with Crippen LogP contribution in [0.5, 0.6) is 0 Å². The normalized spacial score (nSPS) is 26.8. The molecule has 2 aromatic carbocycles. The third-order valence-electron chi connectivity index (χ3n) is 19.9. The van der Waals surface area contributed by atoms with Crippen LogP contribution in [0.3, 0.4) is 0 Å². The fourth-order valence-electron chi connectivity index (χ4n) is 14.5. The van der Waals surface area contributed by atoms with E-state index in [0.29, 0.717) is 42.6 Å². The molecule has 13 amide bonds. The summed E-state index contributed by atoms with van der Waals surface area (Å²) in [6.07, 6.45) is -3.62. The number of aliphatic carboxylic acids is 2. The van der Waals surface area contributed by atoms with Crippen LogP contribution >= 0.6 is 0 Å². The molecule has 3 fully saturated rings. The molecule has 17 N–H and O–H groups in total. The number of benzene rings is 2. The number of anilines is 1. The molecule has 2 bridgehead atoms. The molecule has 4 aliphatic heterocycles. The maximum absolute atomic E-state index is 14.3. The highest BCUT2D eigenvalue weighted by Gasteiger charge is 2.47. The number of aryl methyl sites for hydroxylation is 1. The zero-order valence-electron chi connectivity index (χ0n) is 69.9.